The number of likely N-dealkylation sites (tertiary alicyclic amines) is 1. The summed E-state index contributed by atoms with van der Waals surface area (Å²) in [5.41, 5.74) is 1.57. The molecular formula is C17H29N3O2. The summed E-state index contributed by atoms with van der Waals surface area (Å²) in [6, 6.07) is 0. The van der Waals surface area contributed by atoms with E-state index in [1.165, 1.54) is 32.8 Å². The van der Waals surface area contributed by atoms with Crippen molar-refractivity contribution in [2.45, 2.75) is 39.0 Å². The summed E-state index contributed by atoms with van der Waals surface area (Å²) in [4.78, 5) is 18.3. The first-order valence-electron chi connectivity index (χ1n) is 8.37. The molecule has 2 aliphatic rings. The molecule has 2 atom stereocenters. The fraction of sp³-hybridized carbons (Fsp3) is 0.765. The number of hydrogen-bond donors (Lipinski definition) is 1. The zero-order valence-electron chi connectivity index (χ0n) is 14.1. The maximum Gasteiger partial charge on any atom is 0.310 e. The Morgan fingerprint density at radius 2 is 2.27 bits per heavy atom. The molecule has 0 spiro atoms. The highest BCUT2D eigenvalue weighted by Crippen LogP contribution is 2.24. The topological polar surface area (TPSA) is 53.9 Å². The third kappa shape index (κ3) is 4.24. The van der Waals surface area contributed by atoms with Crippen LogP contribution < -0.4 is 5.32 Å². The standard InChI is InChI=1S/C17H29N3O2/c1-13-11-20(12-15(13)16(21)22-3)17(18-2)19-10-9-14-7-5-4-6-8-14/h7,13,15H,4-6,8-12H2,1-3H3,(H,18,19). The van der Waals surface area contributed by atoms with E-state index in [2.05, 4.69) is 28.2 Å². The quantitative estimate of drug-likeness (QED) is 0.374. The number of nitrogens with zero attached hydrogens (tertiary/aromatic N) is 2. The van der Waals surface area contributed by atoms with Gasteiger partial charge in [-0.2, -0.15) is 0 Å². The average Bonchev–Trinajstić information content (AvgIpc) is 2.93. The van der Waals surface area contributed by atoms with Crippen molar-refractivity contribution in [2.75, 3.05) is 33.8 Å². The lowest BCUT2D eigenvalue weighted by Gasteiger charge is -2.22. The summed E-state index contributed by atoms with van der Waals surface area (Å²) < 4.78 is 4.89. The summed E-state index contributed by atoms with van der Waals surface area (Å²) in [6.07, 6.45) is 8.60. The molecule has 0 radical (unpaired) electrons. The maximum absolute atomic E-state index is 11.8. The van der Waals surface area contributed by atoms with Gasteiger partial charge in [0, 0.05) is 26.7 Å². The van der Waals surface area contributed by atoms with Crippen LogP contribution in [-0.4, -0.2) is 50.6 Å². The fourth-order valence-corrected chi connectivity index (χ4v) is 3.40. The Morgan fingerprint density at radius 1 is 1.45 bits per heavy atom. The second kappa shape index (κ2) is 8.20. The molecule has 124 valence electrons. The van der Waals surface area contributed by atoms with Gasteiger partial charge in [-0.05, 0) is 38.0 Å². The molecule has 1 saturated heterocycles. The number of aliphatic imine (C=N–C) groups is 1. The number of carbonyl (C=O) groups excluding carboxylic acids is 1. The minimum Gasteiger partial charge on any atom is -0.469 e. The molecule has 5 nitrogen and oxygen atoms in total. The van der Waals surface area contributed by atoms with Gasteiger partial charge in [0.2, 0.25) is 0 Å². The molecule has 1 fully saturated rings. The van der Waals surface area contributed by atoms with Crippen LogP contribution in [0.3, 0.4) is 0 Å². The molecular weight excluding hydrogens is 278 g/mol. The van der Waals surface area contributed by atoms with Crippen LogP contribution in [0, 0.1) is 11.8 Å². The van der Waals surface area contributed by atoms with Crippen LogP contribution in [0.15, 0.2) is 16.6 Å². The Bertz CT molecular complexity index is 445. The Kier molecular flexibility index (Phi) is 6.28. The van der Waals surface area contributed by atoms with E-state index in [4.69, 9.17) is 4.74 Å². The molecule has 0 amide bonds. The number of rotatable bonds is 4. The van der Waals surface area contributed by atoms with E-state index in [1.807, 2.05) is 0 Å². The number of allylic oxidation sites excluding steroid dienone is 1. The van der Waals surface area contributed by atoms with Crippen LogP contribution in [0.5, 0.6) is 0 Å². The highest BCUT2D eigenvalue weighted by molar-refractivity contribution is 5.82. The van der Waals surface area contributed by atoms with Gasteiger partial charge in [-0.25, -0.2) is 0 Å². The summed E-state index contributed by atoms with van der Waals surface area (Å²) >= 11 is 0. The van der Waals surface area contributed by atoms with E-state index in [1.54, 1.807) is 12.6 Å². The van der Waals surface area contributed by atoms with E-state index >= 15 is 0 Å². The van der Waals surface area contributed by atoms with Crippen LogP contribution in [0.25, 0.3) is 0 Å². The lowest BCUT2D eigenvalue weighted by Crippen LogP contribution is -2.41. The molecule has 1 heterocycles. The van der Waals surface area contributed by atoms with Gasteiger partial charge in [0.05, 0.1) is 13.0 Å². The molecule has 1 aliphatic carbocycles. The summed E-state index contributed by atoms with van der Waals surface area (Å²) in [5, 5.41) is 3.44. The van der Waals surface area contributed by atoms with Crippen molar-refractivity contribution in [3.05, 3.63) is 11.6 Å². The molecule has 0 aromatic heterocycles. The Hall–Kier alpha value is -1.52. The fourth-order valence-electron chi connectivity index (χ4n) is 3.40. The van der Waals surface area contributed by atoms with Gasteiger partial charge in [0.1, 0.15) is 0 Å². The van der Waals surface area contributed by atoms with E-state index in [9.17, 15) is 4.79 Å². The third-order valence-corrected chi connectivity index (χ3v) is 4.74. The van der Waals surface area contributed by atoms with E-state index < -0.39 is 0 Å². The monoisotopic (exact) mass is 307 g/mol. The first-order chi connectivity index (χ1) is 10.7. The molecule has 1 aliphatic heterocycles. The maximum atomic E-state index is 11.8. The van der Waals surface area contributed by atoms with Crippen LogP contribution in [0.4, 0.5) is 0 Å². The van der Waals surface area contributed by atoms with Gasteiger partial charge in [0.25, 0.3) is 0 Å². The molecule has 22 heavy (non-hydrogen) atoms. The SMILES string of the molecule is CN=C(NCCC1=CCCCC1)N1CC(C)C(C(=O)OC)C1. The zero-order valence-corrected chi connectivity index (χ0v) is 14.1. The number of hydrogen-bond acceptors (Lipinski definition) is 3. The Labute approximate surface area is 133 Å². The highest BCUT2D eigenvalue weighted by atomic mass is 16.5. The zero-order chi connectivity index (χ0) is 15.9. The van der Waals surface area contributed by atoms with Crippen LogP contribution in [0.1, 0.15) is 39.0 Å². The van der Waals surface area contributed by atoms with E-state index in [-0.39, 0.29) is 11.9 Å². The third-order valence-electron chi connectivity index (χ3n) is 4.74. The van der Waals surface area contributed by atoms with Gasteiger partial charge in [-0.15, -0.1) is 0 Å². The average molecular weight is 307 g/mol. The highest BCUT2D eigenvalue weighted by Gasteiger charge is 2.36. The molecule has 2 rings (SSSR count). The van der Waals surface area contributed by atoms with Crippen molar-refractivity contribution in [1.82, 2.24) is 10.2 Å². The molecule has 0 saturated carbocycles. The van der Waals surface area contributed by atoms with Gasteiger partial charge >= 0.3 is 5.97 Å². The van der Waals surface area contributed by atoms with Crippen LogP contribution in [0.2, 0.25) is 0 Å². The molecule has 0 aromatic rings. The second-order valence-corrected chi connectivity index (χ2v) is 6.34. The van der Waals surface area contributed by atoms with E-state index in [0.717, 1.165) is 25.5 Å². The van der Waals surface area contributed by atoms with Crippen molar-refractivity contribution in [3.8, 4) is 0 Å². The summed E-state index contributed by atoms with van der Waals surface area (Å²) in [6.45, 7) is 4.55. The number of nitrogens with one attached hydrogen (secondary N) is 1. The molecule has 2 unspecified atom stereocenters. The first kappa shape index (κ1) is 16.8. The number of methoxy groups -OCH3 is 1. The Morgan fingerprint density at radius 3 is 2.91 bits per heavy atom. The number of esters is 1. The predicted molar refractivity (Wildman–Crippen MR) is 88.8 cm³/mol. The minimum absolute atomic E-state index is 0.0513. The predicted octanol–water partition coefficient (Wildman–Crippen LogP) is 2.19. The largest absolute Gasteiger partial charge is 0.469 e. The van der Waals surface area contributed by atoms with Crippen molar-refractivity contribution >= 4 is 11.9 Å². The van der Waals surface area contributed by atoms with Crippen molar-refractivity contribution in [1.29, 1.82) is 0 Å². The van der Waals surface area contributed by atoms with Gasteiger partial charge in [-0.3, -0.25) is 9.79 Å². The summed E-state index contributed by atoms with van der Waals surface area (Å²) in [7, 11) is 3.26. The normalized spacial score (nSPS) is 25.9. The number of ether oxygens (including phenoxy) is 1. The molecule has 0 aromatic carbocycles. The van der Waals surface area contributed by atoms with Gasteiger partial charge < -0.3 is 15.0 Å². The molecule has 1 N–H and O–H groups in total. The summed E-state index contributed by atoms with van der Waals surface area (Å²) in [5.74, 6) is 1.03. The lowest BCUT2D eigenvalue weighted by molar-refractivity contribution is -0.145. The van der Waals surface area contributed by atoms with Crippen LogP contribution >= 0.6 is 0 Å². The Balaban J connectivity index is 1.82. The van der Waals surface area contributed by atoms with E-state index in [0.29, 0.717) is 12.5 Å². The smallest absolute Gasteiger partial charge is 0.310 e. The van der Waals surface area contributed by atoms with Crippen molar-refractivity contribution < 1.29 is 9.53 Å². The minimum atomic E-state index is -0.113. The lowest BCUT2D eigenvalue weighted by atomic mass is 9.97. The first-order valence-corrected chi connectivity index (χ1v) is 8.37. The molecule has 0 bridgehead atoms. The van der Waals surface area contributed by atoms with Crippen molar-refractivity contribution in [2.24, 2.45) is 16.8 Å². The number of carbonyl (C=O) groups is 1. The molecule has 5 heteroatoms. The van der Waals surface area contributed by atoms with Gasteiger partial charge in [0.15, 0.2) is 5.96 Å². The number of guanidine groups is 1. The van der Waals surface area contributed by atoms with Crippen LogP contribution in [-0.2, 0) is 9.53 Å². The second-order valence-electron chi connectivity index (χ2n) is 6.34. The van der Waals surface area contributed by atoms with Gasteiger partial charge in [-0.1, -0.05) is 18.6 Å². The van der Waals surface area contributed by atoms with Crippen molar-refractivity contribution in [3.63, 3.8) is 0 Å².